The minimum atomic E-state index is 0.361. The van der Waals surface area contributed by atoms with Gasteiger partial charge < -0.3 is 0 Å². The van der Waals surface area contributed by atoms with Gasteiger partial charge in [0.25, 0.3) is 0 Å². The zero-order valence-electron chi connectivity index (χ0n) is 5.72. The smallest absolute Gasteiger partial charge is 0.188 e. The van der Waals surface area contributed by atoms with Crippen LogP contribution in [0.15, 0.2) is 0 Å². The van der Waals surface area contributed by atoms with Gasteiger partial charge in [-0.1, -0.05) is 25.1 Å². The van der Waals surface area contributed by atoms with Gasteiger partial charge in [-0.3, -0.25) is 4.79 Å². The Morgan fingerprint density at radius 3 is 2.67 bits per heavy atom. The molecular weight excluding hydrogens is 132 g/mol. The van der Waals surface area contributed by atoms with E-state index in [1.165, 1.54) is 19.3 Å². The van der Waals surface area contributed by atoms with Crippen molar-refractivity contribution in [2.24, 2.45) is 0 Å². The van der Waals surface area contributed by atoms with Gasteiger partial charge in [0, 0.05) is 11.7 Å². The van der Waals surface area contributed by atoms with Gasteiger partial charge in [0.05, 0.1) is 0 Å². The maximum atomic E-state index is 10.8. The molecule has 0 unspecified atom stereocenters. The molecule has 0 radical (unpaired) electrons. The summed E-state index contributed by atoms with van der Waals surface area (Å²) < 4.78 is 0. The van der Waals surface area contributed by atoms with Gasteiger partial charge in [-0.2, -0.15) is 0 Å². The summed E-state index contributed by atoms with van der Waals surface area (Å²) in [5, 5.41) is 1.04. The molecule has 0 amide bonds. The second kappa shape index (κ2) is 3.25. The molecule has 1 saturated carbocycles. The number of carbonyl (C=O) groups excluding carboxylic acids is 1. The van der Waals surface area contributed by atoms with Crippen LogP contribution in [0.4, 0.5) is 0 Å². The van der Waals surface area contributed by atoms with Crippen LogP contribution in [0.5, 0.6) is 0 Å². The topological polar surface area (TPSA) is 17.1 Å². The molecule has 0 spiro atoms. The van der Waals surface area contributed by atoms with Crippen LogP contribution in [0.2, 0.25) is 0 Å². The Morgan fingerprint density at radius 2 is 2.33 bits per heavy atom. The molecule has 0 bridgehead atoms. The zero-order chi connectivity index (χ0) is 6.69. The molecule has 9 heavy (non-hydrogen) atoms. The Morgan fingerprint density at radius 1 is 1.67 bits per heavy atom. The lowest BCUT2D eigenvalue weighted by molar-refractivity contribution is -0.110. The summed E-state index contributed by atoms with van der Waals surface area (Å²) in [6.45, 7) is 1.92. The van der Waals surface area contributed by atoms with Crippen LogP contribution in [-0.4, -0.2) is 10.4 Å². The summed E-state index contributed by atoms with van der Waals surface area (Å²) in [5.74, 6) is 0. The molecule has 0 heterocycles. The average Bonchev–Trinajstić information content (AvgIpc) is 1.78. The van der Waals surface area contributed by atoms with E-state index < -0.39 is 0 Å². The van der Waals surface area contributed by atoms with Crippen LogP contribution in [0, 0.1) is 0 Å². The average molecular weight is 144 g/mol. The maximum Gasteiger partial charge on any atom is 0.188 e. The fraction of sp³-hybridized carbons (Fsp3) is 0.857. The lowest BCUT2D eigenvalue weighted by Crippen LogP contribution is -2.15. The van der Waals surface area contributed by atoms with E-state index in [1.54, 1.807) is 11.8 Å². The first-order valence-electron chi connectivity index (χ1n) is 3.52. The molecule has 1 fully saturated rings. The molecule has 0 atom stereocenters. The summed E-state index contributed by atoms with van der Waals surface area (Å²) in [5.41, 5.74) is 0. The Balaban J connectivity index is 2.09. The predicted molar refractivity (Wildman–Crippen MR) is 40.5 cm³/mol. The molecule has 0 aromatic rings. The number of hydrogen-bond donors (Lipinski definition) is 0. The van der Waals surface area contributed by atoms with Crippen LogP contribution in [0.3, 0.4) is 0 Å². The van der Waals surface area contributed by atoms with E-state index in [0.717, 1.165) is 0 Å². The number of hydrogen-bond acceptors (Lipinski definition) is 2. The standard InChI is InChI=1S/C7H12OS/c1-2-7(8)9-6-4-3-5-6/h6H,2-5H2,1H3. The highest BCUT2D eigenvalue weighted by Crippen LogP contribution is 2.31. The van der Waals surface area contributed by atoms with Crippen LogP contribution in [0.1, 0.15) is 32.6 Å². The highest BCUT2D eigenvalue weighted by Gasteiger charge is 2.19. The fourth-order valence-electron chi connectivity index (χ4n) is 0.758. The van der Waals surface area contributed by atoms with Gasteiger partial charge in [0.2, 0.25) is 0 Å². The van der Waals surface area contributed by atoms with Gasteiger partial charge in [0.1, 0.15) is 0 Å². The Kier molecular flexibility index (Phi) is 2.58. The van der Waals surface area contributed by atoms with E-state index >= 15 is 0 Å². The van der Waals surface area contributed by atoms with E-state index in [2.05, 4.69) is 0 Å². The van der Waals surface area contributed by atoms with Crippen molar-refractivity contribution in [2.75, 3.05) is 0 Å². The second-order valence-corrected chi connectivity index (χ2v) is 3.75. The SMILES string of the molecule is CCC(=O)SC1CCC1. The van der Waals surface area contributed by atoms with Crippen LogP contribution < -0.4 is 0 Å². The third-order valence-corrected chi connectivity index (χ3v) is 3.00. The Labute approximate surface area is 60.2 Å². The maximum absolute atomic E-state index is 10.8. The monoisotopic (exact) mass is 144 g/mol. The van der Waals surface area contributed by atoms with E-state index in [9.17, 15) is 4.79 Å². The van der Waals surface area contributed by atoms with Crippen molar-refractivity contribution in [1.29, 1.82) is 0 Å². The third-order valence-electron chi connectivity index (χ3n) is 1.64. The molecule has 2 heteroatoms. The van der Waals surface area contributed by atoms with Crippen molar-refractivity contribution in [3.05, 3.63) is 0 Å². The summed E-state index contributed by atoms with van der Waals surface area (Å²) in [6, 6.07) is 0. The minimum absolute atomic E-state index is 0.361. The van der Waals surface area contributed by atoms with E-state index in [1.807, 2.05) is 6.92 Å². The van der Waals surface area contributed by atoms with E-state index in [0.29, 0.717) is 16.8 Å². The molecule has 1 aliphatic carbocycles. The molecule has 0 aliphatic heterocycles. The molecular formula is C7H12OS. The molecule has 0 saturated heterocycles. The first-order chi connectivity index (χ1) is 4.33. The van der Waals surface area contributed by atoms with Gasteiger partial charge >= 0.3 is 0 Å². The quantitative estimate of drug-likeness (QED) is 0.591. The molecule has 1 rings (SSSR count). The Hall–Kier alpha value is 0.0200. The summed E-state index contributed by atoms with van der Waals surface area (Å²) in [4.78, 5) is 10.8. The molecule has 0 aromatic heterocycles. The van der Waals surface area contributed by atoms with Gasteiger partial charge in [-0.15, -0.1) is 0 Å². The molecule has 0 N–H and O–H groups in total. The van der Waals surface area contributed by atoms with E-state index in [-0.39, 0.29) is 0 Å². The van der Waals surface area contributed by atoms with E-state index in [4.69, 9.17) is 0 Å². The fourth-order valence-corrected chi connectivity index (χ4v) is 1.87. The first kappa shape index (κ1) is 7.13. The zero-order valence-corrected chi connectivity index (χ0v) is 6.54. The van der Waals surface area contributed by atoms with Crippen molar-refractivity contribution in [3.63, 3.8) is 0 Å². The van der Waals surface area contributed by atoms with Crippen LogP contribution in [0.25, 0.3) is 0 Å². The summed E-state index contributed by atoms with van der Waals surface area (Å²) >= 11 is 1.55. The van der Waals surface area contributed by atoms with Gasteiger partial charge in [-0.25, -0.2) is 0 Å². The lowest BCUT2D eigenvalue weighted by atomic mass is 10.0. The number of rotatable bonds is 2. The molecule has 0 aromatic carbocycles. The molecule has 52 valence electrons. The summed E-state index contributed by atoms with van der Waals surface area (Å²) in [6.07, 6.45) is 4.54. The lowest BCUT2D eigenvalue weighted by Gasteiger charge is -2.23. The predicted octanol–water partition coefficient (Wildman–Crippen LogP) is 2.21. The molecule has 1 aliphatic rings. The van der Waals surface area contributed by atoms with Crippen molar-refractivity contribution in [1.82, 2.24) is 0 Å². The number of thioether (sulfide) groups is 1. The Bertz CT molecular complexity index is 107. The van der Waals surface area contributed by atoms with Crippen LogP contribution >= 0.6 is 11.8 Å². The van der Waals surface area contributed by atoms with Crippen molar-refractivity contribution >= 4 is 16.9 Å². The first-order valence-corrected chi connectivity index (χ1v) is 4.40. The highest BCUT2D eigenvalue weighted by molar-refractivity contribution is 8.14. The van der Waals surface area contributed by atoms with Crippen molar-refractivity contribution in [2.45, 2.75) is 37.9 Å². The minimum Gasteiger partial charge on any atom is -0.287 e. The van der Waals surface area contributed by atoms with Crippen molar-refractivity contribution < 1.29 is 4.79 Å². The second-order valence-electron chi connectivity index (χ2n) is 2.40. The highest BCUT2D eigenvalue weighted by atomic mass is 32.2. The summed E-state index contributed by atoms with van der Waals surface area (Å²) in [7, 11) is 0. The van der Waals surface area contributed by atoms with Gasteiger partial charge in [0.15, 0.2) is 5.12 Å². The number of carbonyl (C=O) groups is 1. The van der Waals surface area contributed by atoms with Gasteiger partial charge in [-0.05, 0) is 12.8 Å². The third kappa shape index (κ3) is 2.01. The normalized spacial score (nSPS) is 19.2. The van der Waals surface area contributed by atoms with Crippen LogP contribution in [-0.2, 0) is 4.79 Å². The van der Waals surface area contributed by atoms with Crippen molar-refractivity contribution in [3.8, 4) is 0 Å². The largest absolute Gasteiger partial charge is 0.287 e. The molecule has 1 nitrogen and oxygen atoms in total.